The summed E-state index contributed by atoms with van der Waals surface area (Å²) < 4.78 is 0. The minimum atomic E-state index is -0.110. The summed E-state index contributed by atoms with van der Waals surface area (Å²) in [5.74, 6) is 1.17. The van der Waals surface area contributed by atoms with Crippen molar-refractivity contribution < 1.29 is 4.79 Å². The van der Waals surface area contributed by atoms with E-state index >= 15 is 0 Å². The topological polar surface area (TPSA) is 58.1 Å². The summed E-state index contributed by atoms with van der Waals surface area (Å²) >= 11 is 0. The number of amides is 1. The molecule has 3 aromatic rings. The Balaban J connectivity index is 1.58. The maximum atomic E-state index is 12.8. The first-order valence-electron chi connectivity index (χ1n) is 9.54. The third kappa shape index (κ3) is 5.64. The van der Waals surface area contributed by atoms with Gasteiger partial charge in [0.1, 0.15) is 17.3 Å². The Labute approximate surface area is 166 Å². The van der Waals surface area contributed by atoms with Gasteiger partial charge in [0.2, 0.25) is 0 Å². The van der Waals surface area contributed by atoms with Crippen molar-refractivity contribution >= 4 is 11.7 Å². The van der Waals surface area contributed by atoms with Crippen LogP contribution in [-0.2, 0) is 13.0 Å². The molecule has 0 saturated heterocycles. The number of anilines is 1. The van der Waals surface area contributed by atoms with E-state index in [1.807, 2.05) is 43.3 Å². The molecule has 144 valence electrons. The molecule has 0 saturated carbocycles. The molecule has 28 heavy (non-hydrogen) atoms. The maximum Gasteiger partial charge on any atom is 0.272 e. The molecule has 1 aromatic heterocycles. The van der Waals surface area contributed by atoms with Crippen LogP contribution in [0.25, 0.3) is 0 Å². The highest BCUT2D eigenvalue weighted by Crippen LogP contribution is 2.12. The Morgan fingerprint density at radius 3 is 2.29 bits per heavy atom. The van der Waals surface area contributed by atoms with Gasteiger partial charge in [-0.2, -0.15) is 0 Å². The van der Waals surface area contributed by atoms with Gasteiger partial charge in [-0.25, -0.2) is 9.97 Å². The summed E-state index contributed by atoms with van der Waals surface area (Å²) in [6.45, 7) is 3.14. The van der Waals surface area contributed by atoms with Crippen LogP contribution < -0.4 is 5.32 Å². The molecule has 0 atom stereocenters. The van der Waals surface area contributed by atoms with Crippen molar-refractivity contribution in [3.63, 3.8) is 0 Å². The number of carbonyl (C=O) groups excluding carboxylic acids is 1. The zero-order chi connectivity index (χ0) is 19.8. The smallest absolute Gasteiger partial charge is 0.272 e. The molecule has 3 rings (SSSR count). The lowest BCUT2D eigenvalue weighted by molar-refractivity contribution is 0.0779. The second-order valence-corrected chi connectivity index (χ2v) is 6.85. The molecule has 0 aliphatic heterocycles. The summed E-state index contributed by atoms with van der Waals surface area (Å²) in [5, 5.41) is 3.32. The quantitative estimate of drug-likeness (QED) is 0.603. The van der Waals surface area contributed by atoms with Crippen LogP contribution in [0.4, 0.5) is 5.82 Å². The van der Waals surface area contributed by atoms with Crippen LogP contribution in [0.2, 0.25) is 0 Å². The van der Waals surface area contributed by atoms with E-state index < -0.39 is 0 Å². The van der Waals surface area contributed by atoms with Crippen LogP contribution in [0.5, 0.6) is 0 Å². The molecule has 1 N–H and O–H groups in total. The van der Waals surface area contributed by atoms with Crippen LogP contribution in [0.1, 0.15) is 33.9 Å². The molecule has 0 radical (unpaired) electrons. The van der Waals surface area contributed by atoms with Crippen molar-refractivity contribution in [3.8, 4) is 0 Å². The normalized spacial score (nSPS) is 10.5. The highest BCUT2D eigenvalue weighted by atomic mass is 16.2. The van der Waals surface area contributed by atoms with Crippen LogP contribution >= 0.6 is 0 Å². The highest BCUT2D eigenvalue weighted by Gasteiger charge is 2.15. The third-order valence-electron chi connectivity index (χ3n) is 4.46. The number of carbonyl (C=O) groups is 1. The predicted molar refractivity (Wildman–Crippen MR) is 112 cm³/mol. The van der Waals surface area contributed by atoms with Gasteiger partial charge in [0.15, 0.2) is 0 Å². The molecule has 0 bridgehead atoms. The summed E-state index contributed by atoms with van der Waals surface area (Å²) in [4.78, 5) is 23.2. The van der Waals surface area contributed by atoms with Gasteiger partial charge in [-0.15, -0.1) is 0 Å². The minimum Gasteiger partial charge on any atom is -0.370 e. The highest BCUT2D eigenvalue weighted by molar-refractivity contribution is 5.92. The minimum absolute atomic E-state index is 0.110. The molecular weight excluding hydrogens is 348 g/mol. The second kappa shape index (κ2) is 9.65. The van der Waals surface area contributed by atoms with Gasteiger partial charge in [-0.1, -0.05) is 60.7 Å². The van der Waals surface area contributed by atoms with Crippen molar-refractivity contribution in [1.29, 1.82) is 0 Å². The third-order valence-corrected chi connectivity index (χ3v) is 4.46. The maximum absolute atomic E-state index is 12.8. The fourth-order valence-electron chi connectivity index (χ4n) is 3.05. The summed E-state index contributed by atoms with van der Waals surface area (Å²) in [6.07, 6.45) is 1.99. The zero-order valence-corrected chi connectivity index (χ0v) is 16.4. The molecule has 1 amide bonds. The number of rotatable bonds is 8. The molecule has 5 nitrogen and oxygen atoms in total. The predicted octanol–water partition coefficient (Wildman–Crippen LogP) is 4.10. The lowest BCUT2D eigenvalue weighted by Crippen LogP contribution is -2.27. The fourth-order valence-corrected chi connectivity index (χ4v) is 3.05. The summed E-state index contributed by atoms with van der Waals surface area (Å²) in [6, 6.07) is 22.1. The fraction of sp³-hybridized carbons (Fsp3) is 0.261. The average molecular weight is 374 g/mol. The second-order valence-electron chi connectivity index (χ2n) is 6.85. The Kier molecular flexibility index (Phi) is 6.73. The molecule has 0 unspecified atom stereocenters. The Morgan fingerprint density at radius 2 is 1.61 bits per heavy atom. The Morgan fingerprint density at radius 1 is 0.964 bits per heavy atom. The largest absolute Gasteiger partial charge is 0.370 e. The van der Waals surface area contributed by atoms with Crippen molar-refractivity contribution in [2.24, 2.45) is 0 Å². The molecule has 0 fully saturated rings. The van der Waals surface area contributed by atoms with E-state index in [1.54, 1.807) is 18.0 Å². The van der Waals surface area contributed by atoms with Crippen LogP contribution in [0, 0.1) is 6.92 Å². The van der Waals surface area contributed by atoms with Crippen LogP contribution in [0.15, 0.2) is 66.7 Å². The molecule has 0 spiro atoms. The van der Waals surface area contributed by atoms with Crippen LogP contribution in [-0.4, -0.2) is 34.4 Å². The Bertz CT molecular complexity index is 897. The van der Waals surface area contributed by atoms with Gasteiger partial charge in [0.25, 0.3) is 5.91 Å². The van der Waals surface area contributed by atoms with E-state index in [0.29, 0.717) is 23.9 Å². The first kappa shape index (κ1) is 19.5. The molecule has 0 aliphatic rings. The Hall–Kier alpha value is -3.21. The lowest BCUT2D eigenvalue weighted by atomic mass is 10.1. The number of nitrogens with one attached hydrogen (secondary N) is 1. The first-order valence-corrected chi connectivity index (χ1v) is 9.54. The molecule has 5 heteroatoms. The molecule has 1 heterocycles. The van der Waals surface area contributed by atoms with E-state index in [0.717, 1.165) is 24.9 Å². The number of aryl methyl sites for hydroxylation is 2. The zero-order valence-electron chi connectivity index (χ0n) is 16.4. The number of hydrogen-bond acceptors (Lipinski definition) is 4. The van der Waals surface area contributed by atoms with Crippen molar-refractivity contribution in [3.05, 3.63) is 89.4 Å². The number of aromatic nitrogens is 2. The number of hydrogen-bond donors (Lipinski definition) is 1. The van der Waals surface area contributed by atoms with Gasteiger partial charge in [-0.3, -0.25) is 4.79 Å². The van der Waals surface area contributed by atoms with E-state index in [-0.39, 0.29) is 5.91 Å². The van der Waals surface area contributed by atoms with Crippen molar-refractivity contribution in [1.82, 2.24) is 14.9 Å². The number of nitrogens with zero attached hydrogens (tertiary/aromatic N) is 3. The SMILES string of the molecule is Cc1nc(NCCCc2ccccc2)cc(C(=O)N(C)Cc2ccccc2)n1. The monoisotopic (exact) mass is 374 g/mol. The molecule has 2 aromatic carbocycles. The van der Waals surface area contributed by atoms with E-state index in [1.165, 1.54) is 5.56 Å². The lowest BCUT2D eigenvalue weighted by Gasteiger charge is -2.17. The van der Waals surface area contributed by atoms with E-state index in [2.05, 4.69) is 39.6 Å². The van der Waals surface area contributed by atoms with Crippen LogP contribution in [0.3, 0.4) is 0 Å². The average Bonchev–Trinajstić information content (AvgIpc) is 2.72. The molecule has 0 aliphatic carbocycles. The first-order chi connectivity index (χ1) is 13.6. The van der Waals surface area contributed by atoms with Gasteiger partial charge < -0.3 is 10.2 Å². The number of benzene rings is 2. The summed E-state index contributed by atoms with van der Waals surface area (Å²) in [5.41, 5.74) is 2.82. The summed E-state index contributed by atoms with van der Waals surface area (Å²) in [7, 11) is 1.79. The standard InChI is InChI=1S/C23H26N4O/c1-18-25-21(23(28)27(2)17-20-12-7-4-8-13-20)16-22(26-18)24-15-9-14-19-10-5-3-6-11-19/h3-8,10-13,16H,9,14-15,17H2,1-2H3,(H,24,25,26). The van der Waals surface area contributed by atoms with Gasteiger partial charge in [-0.05, 0) is 30.9 Å². The van der Waals surface area contributed by atoms with Crippen molar-refractivity contribution in [2.75, 3.05) is 18.9 Å². The van der Waals surface area contributed by atoms with E-state index in [9.17, 15) is 4.79 Å². The van der Waals surface area contributed by atoms with E-state index in [4.69, 9.17) is 0 Å². The van der Waals surface area contributed by atoms with Gasteiger partial charge >= 0.3 is 0 Å². The van der Waals surface area contributed by atoms with Crippen molar-refractivity contribution in [2.45, 2.75) is 26.3 Å². The van der Waals surface area contributed by atoms with Gasteiger partial charge in [0.05, 0.1) is 0 Å². The van der Waals surface area contributed by atoms with Gasteiger partial charge in [0, 0.05) is 26.2 Å². The molecular formula is C23H26N4O.